The van der Waals surface area contributed by atoms with Gasteiger partial charge in [0.1, 0.15) is 0 Å². The molecule has 0 aliphatic carbocycles. The van der Waals surface area contributed by atoms with Gasteiger partial charge in [0, 0.05) is 51.3 Å². The van der Waals surface area contributed by atoms with Crippen LogP contribution in [0.4, 0.5) is 11.4 Å². The van der Waals surface area contributed by atoms with Gasteiger partial charge in [0.15, 0.2) is 10.9 Å². The lowest BCUT2D eigenvalue weighted by Gasteiger charge is -2.37. The number of carbonyl (C=O) groups excluding carboxylic acids is 1. The average molecular weight is 473 g/mol. The van der Waals surface area contributed by atoms with Gasteiger partial charge in [-0.05, 0) is 54.6 Å². The van der Waals surface area contributed by atoms with Crippen molar-refractivity contribution in [3.8, 4) is 0 Å². The number of nitrogens with one attached hydrogen (secondary N) is 1. The fraction of sp³-hybridized carbons (Fsp3) is 0.269. The lowest BCUT2D eigenvalue weighted by atomic mass is 10.1. The van der Waals surface area contributed by atoms with Gasteiger partial charge in [-0.1, -0.05) is 30.0 Å². The number of fused-ring (bicyclic) bond motifs is 1. The quantitative estimate of drug-likeness (QED) is 0.409. The summed E-state index contributed by atoms with van der Waals surface area (Å²) in [6.45, 7) is 4.88. The first-order chi connectivity index (χ1) is 16.7. The summed E-state index contributed by atoms with van der Waals surface area (Å²) in [5, 5.41) is 3.93. The van der Waals surface area contributed by atoms with Crippen molar-refractivity contribution in [3.63, 3.8) is 0 Å². The van der Waals surface area contributed by atoms with E-state index in [1.165, 1.54) is 17.3 Å². The number of aromatic nitrogens is 3. The summed E-state index contributed by atoms with van der Waals surface area (Å²) in [4.78, 5) is 26.8. The molecule has 0 bridgehead atoms. The van der Waals surface area contributed by atoms with Gasteiger partial charge in [0.2, 0.25) is 0 Å². The number of hydrogen-bond donors (Lipinski definition) is 1. The van der Waals surface area contributed by atoms with Gasteiger partial charge in [-0.25, -0.2) is 4.98 Å². The van der Waals surface area contributed by atoms with E-state index in [0.29, 0.717) is 5.69 Å². The molecule has 1 saturated heterocycles. The van der Waals surface area contributed by atoms with E-state index in [9.17, 15) is 4.79 Å². The summed E-state index contributed by atoms with van der Waals surface area (Å²) < 4.78 is 1.96. The Bertz CT molecular complexity index is 1270. The van der Waals surface area contributed by atoms with E-state index in [0.717, 1.165) is 61.2 Å². The molecule has 1 amide bonds. The Balaban J connectivity index is 1.26. The second-order valence-electron chi connectivity index (χ2n) is 8.31. The molecule has 1 N–H and O–H groups in total. The van der Waals surface area contributed by atoms with Gasteiger partial charge < -0.3 is 10.2 Å². The van der Waals surface area contributed by atoms with Crippen molar-refractivity contribution < 1.29 is 4.79 Å². The number of piperazine rings is 1. The van der Waals surface area contributed by atoms with Crippen LogP contribution in [-0.2, 0) is 6.42 Å². The Morgan fingerprint density at radius 3 is 2.56 bits per heavy atom. The topological polar surface area (TPSA) is 65.8 Å². The molecule has 0 radical (unpaired) electrons. The van der Waals surface area contributed by atoms with Crippen LogP contribution in [0.1, 0.15) is 16.1 Å². The number of pyridine rings is 2. The van der Waals surface area contributed by atoms with Crippen molar-refractivity contribution in [1.29, 1.82) is 0 Å². The molecule has 1 aromatic carbocycles. The molecule has 4 heterocycles. The summed E-state index contributed by atoms with van der Waals surface area (Å²) in [5.41, 5.74) is 4.45. The average Bonchev–Trinajstić information content (AvgIpc) is 3.28. The first-order valence-corrected chi connectivity index (χ1v) is 12.7. The minimum atomic E-state index is -0.188. The highest BCUT2D eigenvalue weighted by Gasteiger charge is 2.22. The molecule has 0 saturated carbocycles. The van der Waals surface area contributed by atoms with Crippen LogP contribution in [0, 0.1) is 0 Å². The van der Waals surface area contributed by atoms with Crippen molar-refractivity contribution in [3.05, 3.63) is 84.4 Å². The molecule has 1 aliphatic rings. The molecular formula is C26H28N6OS. The largest absolute Gasteiger partial charge is 0.367 e. The Morgan fingerprint density at radius 2 is 1.76 bits per heavy atom. The molecular weight excluding hydrogens is 444 g/mol. The van der Waals surface area contributed by atoms with Crippen LogP contribution in [0.25, 0.3) is 5.52 Å². The maximum absolute atomic E-state index is 13.2. The van der Waals surface area contributed by atoms with Crippen LogP contribution in [0.3, 0.4) is 0 Å². The summed E-state index contributed by atoms with van der Waals surface area (Å²) >= 11 is 1.53. The predicted octanol–water partition coefficient (Wildman–Crippen LogP) is 4.07. The second-order valence-corrected chi connectivity index (χ2v) is 9.08. The highest BCUT2D eigenvalue weighted by molar-refractivity contribution is 7.98. The molecule has 34 heavy (non-hydrogen) atoms. The van der Waals surface area contributed by atoms with E-state index in [4.69, 9.17) is 0 Å². The molecule has 1 fully saturated rings. The van der Waals surface area contributed by atoms with Gasteiger partial charge in [0.25, 0.3) is 5.91 Å². The number of carbonyl (C=O) groups is 1. The standard InChI is InChI=1S/C26H28N6OS/c1-34-26-29-24(23-8-4-5-14-32(23)26)25(33)28-21-6-2-3-7-22(21)31-18-16-30(17-19-31)15-11-20-9-12-27-13-10-20/h2-10,12-14H,11,15-19H2,1H3,(H,28,33). The number of thioether (sulfide) groups is 1. The number of amides is 1. The number of para-hydroxylation sites is 2. The Hall–Kier alpha value is -3.36. The molecule has 4 aromatic rings. The van der Waals surface area contributed by atoms with Gasteiger partial charge in [0.05, 0.1) is 16.9 Å². The van der Waals surface area contributed by atoms with Gasteiger partial charge in [-0.2, -0.15) is 0 Å². The Labute approximate surface area is 203 Å². The highest BCUT2D eigenvalue weighted by atomic mass is 32.2. The van der Waals surface area contributed by atoms with E-state index in [1.54, 1.807) is 0 Å². The zero-order valence-electron chi connectivity index (χ0n) is 19.2. The number of benzene rings is 1. The molecule has 174 valence electrons. The van der Waals surface area contributed by atoms with Crippen LogP contribution >= 0.6 is 11.8 Å². The lowest BCUT2D eigenvalue weighted by molar-refractivity contribution is 0.102. The number of hydrogen-bond acceptors (Lipinski definition) is 6. The Kier molecular flexibility index (Phi) is 6.78. The second kappa shape index (κ2) is 10.3. The van der Waals surface area contributed by atoms with Crippen molar-refractivity contribution >= 4 is 34.6 Å². The third kappa shape index (κ3) is 4.78. The molecule has 8 heteroatoms. The van der Waals surface area contributed by atoms with Gasteiger partial charge in [-0.15, -0.1) is 0 Å². The van der Waals surface area contributed by atoms with Crippen LogP contribution in [0.2, 0.25) is 0 Å². The number of rotatable bonds is 7. The molecule has 0 spiro atoms. The lowest BCUT2D eigenvalue weighted by Crippen LogP contribution is -2.47. The van der Waals surface area contributed by atoms with E-state index in [1.807, 2.05) is 65.6 Å². The molecule has 1 aliphatic heterocycles. The van der Waals surface area contributed by atoms with Crippen molar-refractivity contribution in [2.45, 2.75) is 11.6 Å². The molecule has 5 rings (SSSR count). The maximum atomic E-state index is 13.2. The minimum absolute atomic E-state index is 0.188. The first-order valence-electron chi connectivity index (χ1n) is 11.5. The van der Waals surface area contributed by atoms with E-state index in [2.05, 4.69) is 43.3 Å². The Morgan fingerprint density at radius 1 is 1.00 bits per heavy atom. The van der Waals surface area contributed by atoms with Crippen molar-refractivity contribution in [2.75, 3.05) is 49.2 Å². The van der Waals surface area contributed by atoms with Crippen molar-refractivity contribution in [2.24, 2.45) is 0 Å². The SMILES string of the molecule is CSc1nc(C(=O)Nc2ccccc2N2CCN(CCc3ccncc3)CC2)c2ccccn12. The normalized spacial score (nSPS) is 14.4. The predicted molar refractivity (Wildman–Crippen MR) is 138 cm³/mol. The molecule has 3 aromatic heterocycles. The van der Waals surface area contributed by atoms with Crippen LogP contribution < -0.4 is 10.2 Å². The fourth-order valence-electron chi connectivity index (χ4n) is 4.41. The number of anilines is 2. The maximum Gasteiger partial charge on any atom is 0.276 e. The van der Waals surface area contributed by atoms with Crippen LogP contribution in [0.5, 0.6) is 0 Å². The monoisotopic (exact) mass is 472 g/mol. The third-order valence-corrected chi connectivity index (χ3v) is 6.90. The highest BCUT2D eigenvalue weighted by Crippen LogP contribution is 2.28. The zero-order chi connectivity index (χ0) is 23.3. The van der Waals surface area contributed by atoms with Gasteiger partial charge in [-0.3, -0.25) is 19.1 Å². The smallest absolute Gasteiger partial charge is 0.276 e. The summed E-state index contributed by atoms with van der Waals surface area (Å²) in [6.07, 6.45) is 8.65. The van der Waals surface area contributed by atoms with Crippen LogP contribution in [0.15, 0.2) is 78.3 Å². The zero-order valence-corrected chi connectivity index (χ0v) is 20.0. The van der Waals surface area contributed by atoms with Crippen LogP contribution in [-0.4, -0.2) is 64.2 Å². The van der Waals surface area contributed by atoms with E-state index in [-0.39, 0.29) is 5.91 Å². The number of imidazole rings is 1. The third-order valence-electron chi connectivity index (χ3n) is 6.24. The first kappa shape index (κ1) is 22.4. The van der Waals surface area contributed by atoms with E-state index >= 15 is 0 Å². The molecule has 0 atom stereocenters. The summed E-state index contributed by atoms with van der Waals surface area (Å²) in [5.74, 6) is -0.188. The summed E-state index contributed by atoms with van der Waals surface area (Å²) in [7, 11) is 0. The van der Waals surface area contributed by atoms with Gasteiger partial charge >= 0.3 is 0 Å². The number of nitrogens with zero attached hydrogens (tertiary/aromatic N) is 5. The summed E-state index contributed by atoms with van der Waals surface area (Å²) in [6, 6.07) is 18.0. The molecule has 0 unspecified atom stereocenters. The van der Waals surface area contributed by atoms with Crippen molar-refractivity contribution in [1.82, 2.24) is 19.3 Å². The molecule has 7 nitrogen and oxygen atoms in total. The minimum Gasteiger partial charge on any atom is -0.367 e. The van der Waals surface area contributed by atoms with E-state index < -0.39 is 0 Å². The fourth-order valence-corrected chi connectivity index (χ4v) is 4.94.